The van der Waals surface area contributed by atoms with Crippen molar-refractivity contribution >= 4 is 11.6 Å². The summed E-state index contributed by atoms with van der Waals surface area (Å²) in [5, 5.41) is 14.5. The van der Waals surface area contributed by atoms with E-state index in [1.807, 2.05) is 0 Å². The Balaban J connectivity index is 2.17. The molecule has 2 rings (SSSR count). The van der Waals surface area contributed by atoms with Gasteiger partial charge in [0.2, 0.25) is 0 Å². The lowest BCUT2D eigenvalue weighted by molar-refractivity contribution is -0.385. The number of aryl methyl sites for hydroxylation is 1. The zero-order valence-corrected chi connectivity index (χ0v) is 11.5. The van der Waals surface area contributed by atoms with Gasteiger partial charge in [0.05, 0.1) is 22.7 Å². The Morgan fingerprint density at radius 3 is 2.76 bits per heavy atom. The standard InChI is InChI=1S/C13H13FN4O3/c1-16(7-9-6-15-17(2)8-9)13(19)11-4-3-10(18(20)21)5-12(11)14/h3-6,8H,7H2,1-2H3. The first-order valence-electron chi connectivity index (χ1n) is 6.05. The van der Waals surface area contributed by atoms with Gasteiger partial charge in [0.1, 0.15) is 5.82 Å². The number of benzene rings is 1. The van der Waals surface area contributed by atoms with E-state index >= 15 is 0 Å². The molecule has 0 unspecified atom stereocenters. The zero-order chi connectivity index (χ0) is 15.6. The fourth-order valence-corrected chi connectivity index (χ4v) is 1.90. The van der Waals surface area contributed by atoms with E-state index in [9.17, 15) is 19.3 Å². The summed E-state index contributed by atoms with van der Waals surface area (Å²) in [5.74, 6) is -1.46. The average molecular weight is 292 g/mol. The van der Waals surface area contributed by atoms with Crippen molar-refractivity contribution in [2.45, 2.75) is 6.54 Å². The van der Waals surface area contributed by atoms with E-state index in [1.54, 1.807) is 24.1 Å². The van der Waals surface area contributed by atoms with Crippen LogP contribution in [0.3, 0.4) is 0 Å². The van der Waals surface area contributed by atoms with E-state index in [-0.39, 0.29) is 17.8 Å². The summed E-state index contributed by atoms with van der Waals surface area (Å²) < 4.78 is 15.4. The molecule has 1 aromatic carbocycles. The van der Waals surface area contributed by atoms with Crippen molar-refractivity contribution < 1.29 is 14.1 Å². The van der Waals surface area contributed by atoms with Crippen LogP contribution in [-0.4, -0.2) is 32.6 Å². The molecule has 1 heterocycles. The fraction of sp³-hybridized carbons (Fsp3) is 0.231. The first kappa shape index (κ1) is 14.6. The third-order valence-electron chi connectivity index (χ3n) is 2.92. The largest absolute Gasteiger partial charge is 0.337 e. The SMILES string of the molecule is CN(Cc1cnn(C)c1)C(=O)c1ccc([N+](=O)[O-])cc1F. The summed E-state index contributed by atoms with van der Waals surface area (Å²) in [6.45, 7) is 0.267. The molecular formula is C13H13FN4O3. The molecule has 1 aromatic heterocycles. The summed E-state index contributed by atoms with van der Waals surface area (Å²) in [5.41, 5.74) is 0.210. The van der Waals surface area contributed by atoms with Crippen molar-refractivity contribution in [2.75, 3.05) is 7.05 Å². The van der Waals surface area contributed by atoms with Crippen molar-refractivity contribution in [3.8, 4) is 0 Å². The Kier molecular flexibility index (Phi) is 3.97. The fourth-order valence-electron chi connectivity index (χ4n) is 1.90. The van der Waals surface area contributed by atoms with E-state index in [0.717, 1.165) is 23.8 Å². The summed E-state index contributed by atoms with van der Waals surface area (Å²) in [6.07, 6.45) is 3.35. The van der Waals surface area contributed by atoms with Gasteiger partial charge in [0.15, 0.2) is 0 Å². The van der Waals surface area contributed by atoms with Crippen LogP contribution in [0.25, 0.3) is 0 Å². The summed E-state index contributed by atoms with van der Waals surface area (Å²) in [4.78, 5) is 23.3. The number of amides is 1. The summed E-state index contributed by atoms with van der Waals surface area (Å²) in [6, 6.07) is 2.97. The number of halogens is 1. The molecule has 0 radical (unpaired) electrons. The maximum absolute atomic E-state index is 13.8. The Bertz CT molecular complexity index is 698. The third kappa shape index (κ3) is 3.22. The number of nitro groups is 1. The topological polar surface area (TPSA) is 81.3 Å². The van der Waals surface area contributed by atoms with Crippen LogP contribution in [0.2, 0.25) is 0 Å². The van der Waals surface area contributed by atoms with Crippen molar-refractivity contribution in [2.24, 2.45) is 7.05 Å². The molecule has 0 fully saturated rings. The molecular weight excluding hydrogens is 279 g/mol. The average Bonchev–Trinajstić information content (AvgIpc) is 2.83. The molecule has 7 nitrogen and oxygen atoms in total. The number of nitrogens with zero attached hydrogens (tertiary/aromatic N) is 4. The molecule has 2 aromatic rings. The normalized spacial score (nSPS) is 10.4. The van der Waals surface area contributed by atoms with E-state index in [1.165, 1.54) is 11.9 Å². The van der Waals surface area contributed by atoms with Crippen LogP contribution in [-0.2, 0) is 13.6 Å². The van der Waals surface area contributed by atoms with Gasteiger partial charge in [0.25, 0.3) is 11.6 Å². The van der Waals surface area contributed by atoms with Gasteiger partial charge in [-0.3, -0.25) is 19.6 Å². The maximum atomic E-state index is 13.8. The van der Waals surface area contributed by atoms with Crippen LogP contribution in [0.5, 0.6) is 0 Å². The van der Waals surface area contributed by atoms with Crippen molar-refractivity contribution in [1.29, 1.82) is 0 Å². The molecule has 0 aliphatic heterocycles. The molecule has 0 atom stereocenters. The van der Waals surface area contributed by atoms with Crippen LogP contribution in [0.1, 0.15) is 15.9 Å². The first-order valence-corrected chi connectivity index (χ1v) is 6.05. The first-order chi connectivity index (χ1) is 9.88. The Morgan fingerprint density at radius 1 is 1.52 bits per heavy atom. The second kappa shape index (κ2) is 5.70. The number of hydrogen-bond acceptors (Lipinski definition) is 4. The lowest BCUT2D eigenvalue weighted by Gasteiger charge is -2.16. The monoisotopic (exact) mass is 292 g/mol. The highest BCUT2D eigenvalue weighted by Crippen LogP contribution is 2.18. The van der Waals surface area contributed by atoms with Crippen LogP contribution in [0.4, 0.5) is 10.1 Å². The van der Waals surface area contributed by atoms with Gasteiger partial charge in [0, 0.05) is 38.5 Å². The van der Waals surface area contributed by atoms with E-state index in [2.05, 4.69) is 5.10 Å². The molecule has 1 amide bonds. The van der Waals surface area contributed by atoms with E-state index < -0.39 is 16.6 Å². The zero-order valence-electron chi connectivity index (χ0n) is 11.5. The quantitative estimate of drug-likeness (QED) is 0.635. The van der Waals surface area contributed by atoms with E-state index in [0.29, 0.717) is 0 Å². The van der Waals surface area contributed by atoms with Crippen LogP contribution >= 0.6 is 0 Å². The number of nitro benzene ring substituents is 1. The van der Waals surface area contributed by atoms with Crippen LogP contribution < -0.4 is 0 Å². The number of carbonyl (C=O) groups is 1. The Morgan fingerprint density at radius 2 is 2.24 bits per heavy atom. The number of carbonyl (C=O) groups excluding carboxylic acids is 1. The van der Waals surface area contributed by atoms with Gasteiger partial charge >= 0.3 is 0 Å². The minimum atomic E-state index is -0.910. The summed E-state index contributed by atoms with van der Waals surface area (Å²) in [7, 11) is 3.28. The minimum absolute atomic E-state index is 0.202. The molecule has 0 aliphatic rings. The smallest absolute Gasteiger partial charge is 0.272 e. The van der Waals surface area contributed by atoms with Crippen LogP contribution in [0, 0.1) is 15.9 Å². The van der Waals surface area contributed by atoms with Gasteiger partial charge < -0.3 is 4.90 Å². The Hall–Kier alpha value is -2.77. The number of rotatable bonds is 4. The van der Waals surface area contributed by atoms with Gasteiger partial charge in [-0.15, -0.1) is 0 Å². The molecule has 0 N–H and O–H groups in total. The van der Waals surface area contributed by atoms with Gasteiger partial charge in [-0.2, -0.15) is 5.10 Å². The molecule has 21 heavy (non-hydrogen) atoms. The number of hydrogen-bond donors (Lipinski definition) is 0. The lowest BCUT2D eigenvalue weighted by Crippen LogP contribution is -2.26. The lowest BCUT2D eigenvalue weighted by atomic mass is 10.1. The molecule has 0 aliphatic carbocycles. The number of non-ortho nitro benzene ring substituents is 1. The minimum Gasteiger partial charge on any atom is -0.337 e. The predicted molar refractivity (Wildman–Crippen MR) is 72.1 cm³/mol. The third-order valence-corrected chi connectivity index (χ3v) is 2.92. The molecule has 0 bridgehead atoms. The molecule has 0 spiro atoms. The van der Waals surface area contributed by atoms with Crippen molar-refractivity contribution in [3.63, 3.8) is 0 Å². The summed E-state index contributed by atoms with van der Waals surface area (Å²) >= 11 is 0. The highest BCUT2D eigenvalue weighted by molar-refractivity contribution is 5.94. The van der Waals surface area contributed by atoms with E-state index in [4.69, 9.17) is 0 Å². The Labute approximate surface area is 119 Å². The second-order valence-electron chi connectivity index (χ2n) is 4.60. The van der Waals surface area contributed by atoms with Crippen LogP contribution in [0.15, 0.2) is 30.6 Å². The van der Waals surface area contributed by atoms with Crippen molar-refractivity contribution in [1.82, 2.24) is 14.7 Å². The van der Waals surface area contributed by atoms with Gasteiger partial charge in [-0.25, -0.2) is 4.39 Å². The maximum Gasteiger partial charge on any atom is 0.272 e. The van der Waals surface area contributed by atoms with Gasteiger partial charge in [-0.1, -0.05) is 0 Å². The molecule has 0 saturated carbocycles. The highest BCUT2D eigenvalue weighted by Gasteiger charge is 2.19. The predicted octanol–water partition coefficient (Wildman–Crippen LogP) is 1.74. The molecule has 8 heteroatoms. The molecule has 0 saturated heterocycles. The second-order valence-corrected chi connectivity index (χ2v) is 4.60. The highest BCUT2D eigenvalue weighted by atomic mass is 19.1. The number of aromatic nitrogens is 2. The van der Waals surface area contributed by atoms with Gasteiger partial charge in [-0.05, 0) is 6.07 Å². The van der Waals surface area contributed by atoms with Crippen molar-refractivity contribution in [3.05, 3.63) is 57.7 Å². The molecule has 110 valence electrons.